The van der Waals surface area contributed by atoms with Crippen molar-refractivity contribution >= 4 is 6.29 Å². The Bertz CT molecular complexity index is 305. The van der Waals surface area contributed by atoms with Crippen LogP contribution in [-0.2, 0) is 0 Å². The first-order valence-electron chi connectivity index (χ1n) is 3.52. The van der Waals surface area contributed by atoms with Gasteiger partial charge in [0.15, 0.2) is 17.8 Å². The van der Waals surface area contributed by atoms with Crippen molar-refractivity contribution in [2.45, 2.75) is 6.92 Å². The normalized spacial score (nSPS) is 9.50. The molecule has 0 saturated carbocycles. The van der Waals surface area contributed by atoms with E-state index in [2.05, 4.69) is 0 Å². The topological polar surface area (TPSA) is 46.5 Å². The molecular formula is C9H10O3. The van der Waals surface area contributed by atoms with Gasteiger partial charge in [-0.3, -0.25) is 4.79 Å². The summed E-state index contributed by atoms with van der Waals surface area (Å²) in [6, 6.07) is 3.21. The molecule has 0 heterocycles. The Morgan fingerprint density at radius 3 is 2.67 bits per heavy atom. The molecule has 0 aliphatic rings. The molecule has 3 nitrogen and oxygen atoms in total. The number of hydrogen-bond donors (Lipinski definition) is 1. The molecule has 1 aromatic carbocycles. The molecule has 0 aliphatic carbocycles. The SMILES string of the molecule is COc1c(O)cc(C)cc1C=O. The van der Waals surface area contributed by atoms with E-state index in [1.165, 1.54) is 7.11 Å². The molecule has 1 rings (SSSR count). The largest absolute Gasteiger partial charge is 0.504 e. The van der Waals surface area contributed by atoms with E-state index < -0.39 is 0 Å². The van der Waals surface area contributed by atoms with Gasteiger partial charge in [0.25, 0.3) is 0 Å². The Balaban J connectivity index is 3.33. The number of carbonyl (C=O) groups is 1. The summed E-state index contributed by atoms with van der Waals surface area (Å²) in [6.07, 6.45) is 0.658. The van der Waals surface area contributed by atoms with Gasteiger partial charge in [0, 0.05) is 0 Å². The van der Waals surface area contributed by atoms with Crippen LogP contribution in [0.15, 0.2) is 12.1 Å². The molecule has 0 unspecified atom stereocenters. The van der Waals surface area contributed by atoms with Crippen LogP contribution in [0.4, 0.5) is 0 Å². The zero-order chi connectivity index (χ0) is 9.14. The zero-order valence-corrected chi connectivity index (χ0v) is 7.00. The predicted octanol–water partition coefficient (Wildman–Crippen LogP) is 1.52. The lowest BCUT2D eigenvalue weighted by atomic mass is 10.1. The number of carbonyl (C=O) groups excluding carboxylic acids is 1. The standard InChI is InChI=1S/C9H10O3/c1-6-3-7(5-10)9(12-2)8(11)4-6/h3-5,11H,1-2H3. The van der Waals surface area contributed by atoms with Crippen molar-refractivity contribution in [3.05, 3.63) is 23.3 Å². The van der Waals surface area contributed by atoms with Gasteiger partial charge in [-0.2, -0.15) is 0 Å². The fourth-order valence-corrected chi connectivity index (χ4v) is 1.09. The van der Waals surface area contributed by atoms with Gasteiger partial charge in [-0.25, -0.2) is 0 Å². The fourth-order valence-electron chi connectivity index (χ4n) is 1.09. The summed E-state index contributed by atoms with van der Waals surface area (Å²) in [5, 5.41) is 9.32. The lowest BCUT2D eigenvalue weighted by Crippen LogP contribution is -1.91. The molecule has 0 aliphatic heterocycles. The first kappa shape index (κ1) is 8.59. The van der Waals surface area contributed by atoms with Gasteiger partial charge >= 0.3 is 0 Å². The van der Waals surface area contributed by atoms with Crippen LogP contribution in [0.5, 0.6) is 11.5 Å². The highest BCUT2D eigenvalue weighted by atomic mass is 16.5. The van der Waals surface area contributed by atoms with E-state index in [0.717, 1.165) is 5.56 Å². The highest BCUT2D eigenvalue weighted by molar-refractivity contribution is 5.81. The third kappa shape index (κ3) is 1.39. The molecular weight excluding hydrogens is 156 g/mol. The van der Waals surface area contributed by atoms with Crippen LogP contribution in [0.3, 0.4) is 0 Å². The Hall–Kier alpha value is -1.51. The third-order valence-electron chi connectivity index (χ3n) is 1.57. The number of aromatic hydroxyl groups is 1. The number of aldehydes is 1. The molecule has 12 heavy (non-hydrogen) atoms. The van der Waals surface area contributed by atoms with Crippen LogP contribution >= 0.6 is 0 Å². The lowest BCUT2D eigenvalue weighted by Gasteiger charge is -2.06. The highest BCUT2D eigenvalue weighted by Gasteiger charge is 2.07. The highest BCUT2D eigenvalue weighted by Crippen LogP contribution is 2.29. The number of phenolic OH excluding ortho intramolecular Hbond substituents is 1. The van der Waals surface area contributed by atoms with E-state index >= 15 is 0 Å². The summed E-state index contributed by atoms with van der Waals surface area (Å²) in [5.41, 5.74) is 1.20. The Morgan fingerprint density at radius 1 is 1.50 bits per heavy atom. The Kier molecular flexibility index (Phi) is 2.33. The molecule has 0 fully saturated rings. The molecule has 64 valence electrons. The van der Waals surface area contributed by atoms with Crippen molar-refractivity contribution in [1.82, 2.24) is 0 Å². The number of methoxy groups -OCH3 is 1. The summed E-state index contributed by atoms with van der Waals surface area (Å²) in [7, 11) is 1.41. The number of benzene rings is 1. The number of hydrogen-bond acceptors (Lipinski definition) is 3. The first-order chi connectivity index (χ1) is 5.69. The van der Waals surface area contributed by atoms with Crippen LogP contribution < -0.4 is 4.74 Å². The maximum absolute atomic E-state index is 10.5. The first-order valence-corrected chi connectivity index (χ1v) is 3.52. The van der Waals surface area contributed by atoms with Gasteiger partial charge in [0.05, 0.1) is 12.7 Å². The number of aryl methyl sites for hydroxylation is 1. The number of ether oxygens (including phenoxy) is 1. The second kappa shape index (κ2) is 3.26. The van der Waals surface area contributed by atoms with Crippen molar-refractivity contribution < 1.29 is 14.6 Å². The van der Waals surface area contributed by atoms with E-state index in [9.17, 15) is 9.90 Å². The van der Waals surface area contributed by atoms with Gasteiger partial charge in [-0.1, -0.05) is 0 Å². The Morgan fingerprint density at radius 2 is 2.17 bits per heavy atom. The summed E-state index contributed by atoms with van der Waals surface area (Å²) in [4.78, 5) is 10.5. The van der Waals surface area contributed by atoms with E-state index in [-0.39, 0.29) is 11.5 Å². The molecule has 1 N–H and O–H groups in total. The van der Waals surface area contributed by atoms with E-state index in [0.29, 0.717) is 11.8 Å². The van der Waals surface area contributed by atoms with E-state index in [4.69, 9.17) is 4.74 Å². The lowest BCUT2D eigenvalue weighted by molar-refractivity contribution is 0.112. The molecule has 0 atom stereocenters. The third-order valence-corrected chi connectivity index (χ3v) is 1.57. The molecule has 0 radical (unpaired) electrons. The maximum Gasteiger partial charge on any atom is 0.170 e. The van der Waals surface area contributed by atoms with Crippen LogP contribution in [0, 0.1) is 6.92 Å². The minimum absolute atomic E-state index is 0.000370. The molecule has 0 spiro atoms. The van der Waals surface area contributed by atoms with Crippen LogP contribution in [0.25, 0.3) is 0 Å². The summed E-state index contributed by atoms with van der Waals surface area (Å²) >= 11 is 0. The maximum atomic E-state index is 10.5. The zero-order valence-electron chi connectivity index (χ0n) is 7.00. The number of rotatable bonds is 2. The van der Waals surface area contributed by atoms with Gasteiger partial charge in [0.1, 0.15) is 0 Å². The van der Waals surface area contributed by atoms with Crippen molar-refractivity contribution in [2.24, 2.45) is 0 Å². The van der Waals surface area contributed by atoms with Gasteiger partial charge in [-0.15, -0.1) is 0 Å². The minimum atomic E-state index is -0.000370. The van der Waals surface area contributed by atoms with Crippen molar-refractivity contribution in [3.8, 4) is 11.5 Å². The quantitative estimate of drug-likeness (QED) is 0.677. The van der Waals surface area contributed by atoms with Crippen molar-refractivity contribution in [2.75, 3.05) is 7.11 Å². The van der Waals surface area contributed by atoms with Crippen LogP contribution in [0.1, 0.15) is 15.9 Å². The molecule has 1 aromatic rings. The monoisotopic (exact) mass is 166 g/mol. The molecule has 0 aromatic heterocycles. The van der Waals surface area contributed by atoms with Crippen LogP contribution in [0.2, 0.25) is 0 Å². The predicted molar refractivity (Wildman–Crippen MR) is 44.8 cm³/mol. The second-order valence-electron chi connectivity index (χ2n) is 2.52. The summed E-state index contributed by atoms with van der Waals surface area (Å²) in [6.45, 7) is 1.80. The minimum Gasteiger partial charge on any atom is -0.504 e. The van der Waals surface area contributed by atoms with Crippen molar-refractivity contribution in [3.63, 3.8) is 0 Å². The van der Waals surface area contributed by atoms with E-state index in [1.807, 2.05) is 0 Å². The molecule has 3 heteroatoms. The Labute approximate surface area is 70.6 Å². The number of phenols is 1. The average molecular weight is 166 g/mol. The molecule has 0 amide bonds. The van der Waals surface area contributed by atoms with Crippen molar-refractivity contribution in [1.29, 1.82) is 0 Å². The fraction of sp³-hybridized carbons (Fsp3) is 0.222. The van der Waals surface area contributed by atoms with Crippen LogP contribution in [-0.4, -0.2) is 18.5 Å². The average Bonchev–Trinajstić information content (AvgIpc) is 2.03. The van der Waals surface area contributed by atoms with Gasteiger partial charge in [-0.05, 0) is 24.6 Å². The van der Waals surface area contributed by atoms with E-state index in [1.54, 1.807) is 19.1 Å². The summed E-state index contributed by atoms with van der Waals surface area (Å²) < 4.78 is 4.84. The summed E-state index contributed by atoms with van der Waals surface area (Å²) in [5.74, 6) is 0.232. The molecule has 0 saturated heterocycles. The smallest absolute Gasteiger partial charge is 0.170 e. The van der Waals surface area contributed by atoms with Gasteiger partial charge < -0.3 is 9.84 Å². The van der Waals surface area contributed by atoms with Gasteiger partial charge in [0.2, 0.25) is 0 Å². The molecule has 0 bridgehead atoms. The second-order valence-corrected chi connectivity index (χ2v) is 2.52.